The minimum atomic E-state index is 0.648. The molecule has 1 atom stereocenters. The highest BCUT2D eigenvalue weighted by Crippen LogP contribution is 2.09. The van der Waals surface area contributed by atoms with Crippen molar-refractivity contribution in [2.24, 2.45) is 0 Å². The largest absolute Gasteiger partial charge is 0.382 e. The Morgan fingerprint density at radius 2 is 1.84 bits per heavy atom. The lowest BCUT2D eigenvalue weighted by molar-refractivity contribution is 0.0159. The molecule has 0 aromatic rings. The molecular weight excluding hydrogens is 244 g/mol. The van der Waals surface area contributed by atoms with Crippen LogP contribution in [0.25, 0.3) is 0 Å². The van der Waals surface area contributed by atoms with Crippen molar-refractivity contribution in [3.8, 4) is 0 Å². The van der Waals surface area contributed by atoms with Crippen LogP contribution in [0.1, 0.15) is 19.8 Å². The first-order valence-corrected chi connectivity index (χ1v) is 7.47. The summed E-state index contributed by atoms with van der Waals surface area (Å²) in [4.78, 5) is 2.51. The summed E-state index contributed by atoms with van der Waals surface area (Å²) in [7, 11) is 1.68. The Labute approximate surface area is 117 Å². The summed E-state index contributed by atoms with van der Waals surface area (Å²) in [6.45, 7) is 10.0. The molecule has 5 heteroatoms. The van der Waals surface area contributed by atoms with Crippen LogP contribution >= 0.6 is 0 Å². The molecule has 1 rings (SSSR count). The molecule has 0 aromatic heterocycles. The second kappa shape index (κ2) is 11.6. The van der Waals surface area contributed by atoms with Gasteiger partial charge < -0.3 is 19.5 Å². The van der Waals surface area contributed by atoms with Gasteiger partial charge in [0.05, 0.1) is 33.0 Å². The van der Waals surface area contributed by atoms with Gasteiger partial charge in [-0.05, 0) is 25.9 Å². The molecule has 1 saturated heterocycles. The summed E-state index contributed by atoms with van der Waals surface area (Å²) < 4.78 is 15.9. The van der Waals surface area contributed by atoms with Gasteiger partial charge in [0.2, 0.25) is 0 Å². The summed E-state index contributed by atoms with van der Waals surface area (Å²) in [6.07, 6.45) is 2.59. The molecule has 0 aromatic carbocycles. The number of piperidine rings is 1. The van der Waals surface area contributed by atoms with Crippen LogP contribution in [0.15, 0.2) is 0 Å². The lowest BCUT2D eigenvalue weighted by Crippen LogP contribution is -2.47. The highest BCUT2D eigenvalue weighted by atomic mass is 16.5. The van der Waals surface area contributed by atoms with Crippen molar-refractivity contribution in [2.45, 2.75) is 25.8 Å². The van der Waals surface area contributed by atoms with Crippen LogP contribution in [0.4, 0.5) is 0 Å². The summed E-state index contributed by atoms with van der Waals surface area (Å²) in [5, 5.41) is 3.47. The van der Waals surface area contributed by atoms with Gasteiger partial charge in [-0.15, -0.1) is 0 Å². The first kappa shape index (κ1) is 16.9. The Hall–Kier alpha value is -0.200. The van der Waals surface area contributed by atoms with Crippen LogP contribution in [-0.2, 0) is 14.2 Å². The third-order valence-corrected chi connectivity index (χ3v) is 3.52. The molecule has 1 heterocycles. The van der Waals surface area contributed by atoms with E-state index in [-0.39, 0.29) is 0 Å². The molecular formula is C14H30N2O3. The number of hydrogen-bond donors (Lipinski definition) is 1. The first-order chi connectivity index (χ1) is 9.38. The van der Waals surface area contributed by atoms with E-state index in [1.165, 1.54) is 19.4 Å². The summed E-state index contributed by atoms with van der Waals surface area (Å²) in [5.41, 5.74) is 0. The van der Waals surface area contributed by atoms with E-state index in [0.29, 0.717) is 32.5 Å². The van der Waals surface area contributed by atoms with Gasteiger partial charge in [-0.25, -0.2) is 0 Å². The van der Waals surface area contributed by atoms with Gasteiger partial charge in [-0.1, -0.05) is 6.92 Å². The number of ether oxygens (including phenoxy) is 3. The van der Waals surface area contributed by atoms with E-state index in [1.54, 1.807) is 7.11 Å². The van der Waals surface area contributed by atoms with Crippen molar-refractivity contribution >= 4 is 0 Å². The van der Waals surface area contributed by atoms with Crippen molar-refractivity contribution in [1.82, 2.24) is 10.2 Å². The Morgan fingerprint density at radius 1 is 1.11 bits per heavy atom. The highest BCUT2D eigenvalue weighted by molar-refractivity contribution is 4.77. The Kier molecular flexibility index (Phi) is 10.3. The van der Waals surface area contributed by atoms with Gasteiger partial charge >= 0.3 is 0 Å². The number of hydrogen-bond acceptors (Lipinski definition) is 5. The summed E-state index contributed by atoms with van der Waals surface area (Å²) >= 11 is 0. The van der Waals surface area contributed by atoms with Crippen molar-refractivity contribution in [1.29, 1.82) is 0 Å². The minimum absolute atomic E-state index is 0.648. The van der Waals surface area contributed by atoms with E-state index in [0.717, 1.165) is 26.2 Å². The van der Waals surface area contributed by atoms with Gasteiger partial charge in [0.1, 0.15) is 0 Å². The first-order valence-electron chi connectivity index (χ1n) is 7.47. The predicted molar refractivity (Wildman–Crippen MR) is 76.7 cm³/mol. The molecule has 1 fully saturated rings. The van der Waals surface area contributed by atoms with E-state index < -0.39 is 0 Å². The molecule has 1 N–H and O–H groups in total. The molecule has 0 bridgehead atoms. The molecule has 5 nitrogen and oxygen atoms in total. The number of nitrogens with zero attached hydrogens (tertiary/aromatic N) is 1. The van der Waals surface area contributed by atoms with E-state index >= 15 is 0 Å². The smallest absolute Gasteiger partial charge is 0.0701 e. The normalized spacial score (nSPS) is 20.1. The van der Waals surface area contributed by atoms with E-state index in [1.807, 2.05) is 0 Å². The second-order valence-corrected chi connectivity index (χ2v) is 4.85. The Balaban J connectivity index is 1.96. The zero-order valence-electron chi connectivity index (χ0n) is 12.5. The standard InChI is InChI=1S/C14H30N2O3/c1-3-16(14-5-4-6-15-13-14)7-8-18-11-12-19-10-9-17-2/h14-15H,3-13H2,1-2H3. The van der Waals surface area contributed by atoms with Crippen molar-refractivity contribution < 1.29 is 14.2 Å². The third-order valence-electron chi connectivity index (χ3n) is 3.52. The van der Waals surface area contributed by atoms with Crippen LogP contribution in [0, 0.1) is 0 Å². The molecule has 0 radical (unpaired) electrons. The highest BCUT2D eigenvalue weighted by Gasteiger charge is 2.18. The summed E-state index contributed by atoms with van der Waals surface area (Å²) in [5.74, 6) is 0. The molecule has 1 aliphatic heterocycles. The van der Waals surface area contributed by atoms with Crippen LogP contribution in [0.3, 0.4) is 0 Å². The average Bonchev–Trinajstić information content (AvgIpc) is 2.47. The van der Waals surface area contributed by atoms with E-state index in [2.05, 4.69) is 17.1 Å². The average molecular weight is 274 g/mol. The van der Waals surface area contributed by atoms with Gasteiger partial charge in [-0.3, -0.25) is 4.90 Å². The topological polar surface area (TPSA) is 43.0 Å². The lowest BCUT2D eigenvalue weighted by Gasteiger charge is -2.33. The third kappa shape index (κ3) is 7.84. The van der Waals surface area contributed by atoms with Crippen molar-refractivity contribution in [3.05, 3.63) is 0 Å². The maximum Gasteiger partial charge on any atom is 0.0701 e. The Bertz CT molecular complexity index is 199. The zero-order chi connectivity index (χ0) is 13.8. The van der Waals surface area contributed by atoms with Crippen molar-refractivity contribution in [2.75, 3.05) is 66.3 Å². The molecule has 114 valence electrons. The zero-order valence-corrected chi connectivity index (χ0v) is 12.5. The van der Waals surface area contributed by atoms with Crippen LogP contribution in [0.5, 0.6) is 0 Å². The fourth-order valence-electron chi connectivity index (χ4n) is 2.39. The quantitative estimate of drug-likeness (QED) is 0.563. The lowest BCUT2D eigenvalue weighted by atomic mass is 10.1. The molecule has 0 saturated carbocycles. The van der Waals surface area contributed by atoms with E-state index in [9.17, 15) is 0 Å². The molecule has 1 aliphatic rings. The predicted octanol–water partition coefficient (Wildman–Crippen LogP) is 0.740. The van der Waals surface area contributed by atoms with Gasteiger partial charge in [0.15, 0.2) is 0 Å². The summed E-state index contributed by atoms with van der Waals surface area (Å²) in [6, 6.07) is 0.681. The molecule has 0 spiro atoms. The SMILES string of the molecule is CCN(CCOCCOCCOC)C1CCCNC1. The second-order valence-electron chi connectivity index (χ2n) is 4.85. The molecule has 1 unspecified atom stereocenters. The number of likely N-dealkylation sites (N-methyl/N-ethyl adjacent to an activating group) is 1. The molecule has 19 heavy (non-hydrogen) atoms. The van der Waals surface area contributed by atoms with Crippen LogP contribution in [0.2, 0.25) is 0 Å². The number of methoxy groups -OCH3 is 1. The monoisotopic (exact) mass is 274 g/mol. The van der Waals surface area contributed by atoms with Crippen LogP contribution < -0.4 is 5.32 Å². The molecule has 0 aliphatic carbocycles. The van der Waals surface area contributed by atoms with Crippen molar-refractivity contribution in [3.63, 3.8) is 0 Å². The fraction of sp³-hybridized carbons (Fsp3) is 1.00. The maximum absolute atomic E-state index is 5.61. The number of nitrogens with one attached hydrogen (secondary N) is 1. The molecule has 0 amide bonds. The maximum atomic E-state index is 5.61. The van der Waals surface area contributed by atoms with Gasteiger partial charge in [0.25, 0.3) is 0 Å². The van der Waals surface area contributed by atoms with Crippen LogP contribution in [-0.4, -0.2) is 77.3 Å². The Morgan fingerprint density at radius 3 is 2.47 bits per heavy atom. The van der Waals surface area contributed by atoms with E-state index in [4.69, 9.17) is 14.2 Å². The fourth-order valence-corrected chi connectivity index (χ4v) is 2.39. The van der Waals surface area contributed by atoms with Gasteiger partial charge in [0, 0.05) is 26.2 Å². The van der Waals surface area contributed by atoms with Gasteiger partial charge in [-0.2, -0.15) is 0 Å². The number of rotatable bonds is 11. The minimum Gasteiger partial charge on any atom is -0.382 e.